The van der Waals surface area contributed by atoms with Gasteiger partial charge in [0, 0.05) is 34.6 Å². The zero-order valence-corrected chi connectivity index (χ0v) is 20.5. The molecule has 0 unspecified atom stereocenters. The van der Waals surface area contributed by atoms with E-state index in [-0.39, 0.29) is 4.90 Å². The van der Waals surface area contributed by atoms with Crippen molar-refractivity contribution < 1.29 is 17.9 Å². The van der Waals surface area contributed by atoms with Gasteiger partial charge >= 0.3 is 0 Å². The van der Waals surface area contributed by atoms with Crippen LogP contribution in [0.25, 0.3) is 11.3 Å². The number of benzene rings is 2. The summed E-state index contributed by atoms with van der Waals surface area (Å²) >= 11 is 5.09. The van der Waals surface area contributed by atoms with Crippen LogP contribution >= 0.6 is 27.3 Å². The SMILES string of the molecule is COc1ccc(S(=O)(=O)C2CCN(c3nc(-c4cccc(Br)c4)cs3)CC2)cc1OC. The number of halogens is 1. The van der Waals surface area contributed by atoms with E-state index in [0.29, 0.717) is 37.4 Å². The van der Waals surface area contributed by atoms with Crippen molar-refractivity contribution in [3.05, 3.63) is 52.3 Å². The van der Waals surface area contributed by atoms with Gasteiger partial charge in [-0.15, -0.1) is 11.3 Å². The van der Waals surface area contributed by atoms with Crippen LogP contribution in [0, 0.1) is 0 Å². The molecule has 2 aromatic carbocycles. The molecule has 0 amide bonds. The van der Waals surface area contributed by atoms with E-state index in [2.05, 4.69) is 20.8 Å². The van der Waals surface area contributed by atoms with E-state index in [1.807, 2.05) is 29.6 Å². The van der Waals surface area contributed by atoms with Crippen molar-refractivity contribution in [2.45, 2.75) is 23.0 Å². The van der Waals surface area contributed by atoms with Gasteiger partial charge in [0.1, 0.15) is 0 Å². The molecule has 4 rings (SSSR count). The Morgan fingerprint density at radius 2 is 1.81 bits per heavy atom. The molecule has 0 saturated carbocycles. The molecule has 3 aromatic rings. The second-order valence-corrected chi connectivity index (χ2v) is 11.3. The lowest BCUT2D eigenvalue weighted by Crippen LogP contribution is -2.39. The number of sulfone groups is 1. The standard InChI is InChI=1S/C22H23BrN2O4S2/c1-28-20-7-6-18(13-21(20)29-2)31(26,27)17-8-10-25(11-9-17)22-24-19(14-30-22)15-4-3-5-16(23)12-15/h3-7,12-14,17H,8-11H2,1-2H3. The first-order valence-corrected chi connectivity index (χ1v) is 13.1. The molecule has 0 radical (unpaired) electrons. The van der Waals surface area contributed by atoms with Gasteiger partial charge in [-0.3, -0.25) is 0 Å². The Morgan fingerprint density at radius 1 is 1.06 bits per heavy atom. The van der Waals surface area contributed by atoms with E-state index in [0.717, 1.165) is 20.9 Å². The molecule has 1 saturated heterocycles. The lowest BCUT2D eigenvalue weighted by atomic mass is 10.1. The average molecular weight is 523 g/mol. The molecule has 0 atom stereocenters. The number of anilines is 1. The maximum Gasteiger partial charge on any atom is 0.185 e. The van der Waals surface area contributed by atoms with Crippen LogP contribution in [0.2, 0.25) is 0 Å². The van der Waals surface area contributed by atoms with E-state index in [1.165, 1.54) is 14.2 Å². The number of piperidine rings is 1. The second-order valence-electron chi connectivity index (χ2n) is 7.27. The minimum Gasteiger partial charge on any atom is -0.493 e. The molecule has 9 heteroatoms. The Bertz CT molecular complexity index is 1170. The normalized spacial score (nSPS) is 15.1. The van der Waals surface area contributed by atoms with E-state index in [9.17, 15) is 8.42 Å². The summed E-state index contributed by atoms with van der Waals surface area (Å²) in [6.45, 7) is 1.31. The van der Waals surface area contributed by atoms with Crippen molar-refractivity contribution in [3.8, 4) is 22.8 Å². The number of ether oxygens (including phenoxy) is 2. The Kier molecular flexibility index (Phi) is 6.55. The van der Waals surface area contributed by atoms with Crippen LogP contribution in [-0.4, -0.2) is 46.0 Å². The predicted molar refractivity (Wildman–Crippen MR) is 127 cm³/mol. The molecule has 0 aliphatic carbocycles. The summed E-state index contributed by atoms with van der Waals surface area (Å²) in [7, 11) is -0.419. The van der Waals surface area contributed by atoms with Crippen LogP contribution in [0.1, 0.15) is 12.8 Å². The minimum absolute atomic E-state index is 0.273. The number of hydrogen-bond acceptors (Lipinski definition) is 7. The fraction of sp³-hybridized carbons (Fsp3) is 0.318. The maximum absolute atomic E-state index is 13.2. The molecule has 1 fully saturated rings. The van der Waals surface area contributed by atoms with Gasteiger partial charge in [-0.1, -0.05) is 28.1 Å². The smallest absolute Gasteiger partial charge is 0.185 e. The molecule has 0 N–H and O–H groups in total. The van der Waals surface area contributed by atoms with Crippen LogP contribution in [0.3, 0.4) is 0 Å². The first kappa shape index (κ1) is 22.1. The monoisotopic (exact) mass is 522 g/mol. The van der Waals surface area contributed by atoms with Gasteiger partial charge in [-0.2, -0.15) is 0 Å². The molecule has 1 aliphatic heterocycles. The van der Waals surface area contributed by atoms with Crippen LogP contribution in [0.15, 0.2) is 57.2 Å². The van der Waals surface area contributed by atoms with Gasteiger partial charge in [0.15, 0.2) is 26.5 Å². The van der Waals surface area contributed by atoms with Crippen molar-refractivity contribution in [2.75, 3.05) is 32.2 Å². The summed E-state index contributed by atoms with van der Waals surface area (Å²) in [5.74, 6) is 0.935. The van der Waals surface area contributed by atoms with E-state index in [1.54, 1.807) is 29.5 Å². The number of nitrogens with zero attached hydrogens (tertiary/aromatic N) is 2. The van der Waals surface area contributed by atoms with E-state index in [4.69, 9.17) is 14.5 Å². The van der Waals surface area contributed by atoms with E-state index < -0.39 is 15.1 Å². The minimum atomic E-state index is -3.45. The van der Waals surface area contributed by atoms with Crippen LogP contribution in [-0.2, 0) is 9.84 Å². The third-order valence-corrected chi connectivity index (χ3v) is 9.10. The van der Waals surface area contributed by atoms with Gasteiger partial charge < -0.3 is 14.4 Å². The molecule has 2 heterocycles. The molecule has 0 bridgehead atoms. The lowest BCUT2D eigenvalue weighted by Gasteiger charge is -2.31. The fourth-order valence-corrected chi connectivity index (χ4v) is 6.77. The first-order chi connectivity index (χ1) is 14.9. The Balaban J connectivity index is 1.46. The zero-order chi connectivity index (χ0) is 22.0. The summed E-state index contributed by atoms with van der Waals surface area (Å²) in [6, 6.07) is 12.8. The second kappa shape index (κ2) is 9.18. The molecule has 6 nitrogen and oxygen atoms in total. The maximum atomic E-state index is 13.2. The van der Waals surface area contributed by atoms with Crippen molar-refractivity contribution in [2.24, 2.45) is 0 Å². The third kappa shape index (κ3) is 4.58. The molecule has 164 valence electrons. The van der Waals surface area contributed by atoms with Gasteiger partial charge in [-0.25, -0.2) is 13.4 Å². The molecule has 1 aromatic heterocycles. The number of rotatable bonds is 6. The Morgan fingerprint density at radius 3 is 2.48 bits per heavy atom. The average Bonchev–Trinajstić information content (AvgIpc) is 3.29. The first-order valence-electron chi connectivity index (χ1n) is 9.84. The highest BCUT2D eigenvalue weighted by Gasteiger charge is 2.32. The van der Waals surface area contributed by atoms with Crippen LogP contribution in [0.4, 0.5) is 5.13 Å². The summed E-state index contributed by atoms with van der Waals surface area (Å²) in [5.41, 5.74) is 1.99. The largest absolute Gasteiger partial charge is 0.493 e. The van der Waals surface area contributed by atoms with Gasteiger partial charge in [0.2, 0.25) is 0 Å². The van der Waals surface area contributed by atoms with Crippen molar-refractivity contribution in [1.82, 2.24) is 4.98 Å². The molecule has 31 heavy (non-hydrogen) atoms. The Hall–Kier alpha value is -2.10. The van der Waals surface area contributed by atoms with E-state index >= 15 is 0 Å². The van der Waals surface area contributed by atoms with Crippen molar-refractivity contribution in [3.63, 3.8) is 0 Å². The number of methoxy groups -OCH3 is 2. The fourth-order valence-electron chi connectivity index (χ4n) is 3.73. The molecular formula is C22H23BrN2O4S2. The van der Waals surface area contributed by atoms with Crippen molar-refractivity contribution in [1.29, 1.82) is 0 Å². The van der Waals surface area contributed by atoms with Gasteiger partial charge in [0.05, 0.1) is 30.1 Å². The Labute approximate surface area is 194 Å². The highest BCUT2D eigenvalue weighted by atomic mass is 79.9. The topological polar surface area (TPSA) is 68.7 Å². The van der Waals surface area contributed by atoms with Gasteiger partial charge in [0.25, 0.3) is 0 Å². The lowest BCUT2D eigenvalue weighted by molar-refractivity contribution is 0.354. The highest BCUT2D eigenvalue weighted by Crippen LogP contribution is 2.35. The van der Waals surface area contributed by atoms with Crippen molar-refractivity contribution >= 4 is 42.2 Å². The number of thiazole rings is 1. The quantitative estimate of drug-likeness (QED) is 0.452. The van der Waals surface area contributed by atoms with Gasteiger partial charge in [-0.05, 0) is 37.1 Å². The molecular weight excluding hydrogens is 500 g/mol. The summed E-state index contributed by atoms with van der Waals surface area (Å²) in [5, 5.41) is 2.55. The summed E-state index contributed by atoms with van der Waals surface area (Å²) in [6.07, 6.45) is 1.12. The molecule has 1 aliphatic rings. The third-order valence-electron chi connectivity index (χ3n) is 5.45. The zero-order valence-electron chi connectivity index (χ0n) is 17.2. The number of hydrogen-bond donors (Lipinski definition) is 0. The van der Waals surface area contributed by atoms with Crippen LogP contribution < -0.4 is 14.4 Å². The number of aromatic nitrogens is 1. The summed E-state index contributed by atoms with van der Waals surface area (Å²) < 4.78 is 37.9. The highest BCUT2D eigenvalue weighted by molar-refractivity contribution is 9.10. The summed E-state index contributed by atoms with van der Waals surface area (Å²) in [4.78, 5) is 7.22. The predicted octanol–water partition coefficient (Wildman–Crippen LogP) is 5.03. The van der Waals surface area contributed by atoms with Crippen LogP contribution in [0.5, 0.6) is 11.5 Å². The molecule has 0 spiro atoms.